The maximum Gasteiger partial charge on any atom is 0.417 e. The summed E-state index contributed by atoms with van der Waals surface area (Å²) in [7, 11) is 1.28. The van der Waals surface area contributed by atoms with Crippen molar-refractivity contribution < 1.29 is 32.2 Å². The number of esters is 1. The fraction of sp³-hybridized carbons (Fsp3) is 0.394. The SMILES string of the molecule is CCCCC(Oc1ccc(-c2ccc(C(C)(C)C)cc2)c(C(F)(F)F)c1)c1ccc(C(=O)NCCC(=O)OC)cc1. The first-order valence-electron chi connectivity index (χ1n) is 13.8. The molecule has 0 saturated carbocycles. The normalized spacial score (nSPS) is 12.5. The second kappa shape index (κ2) is 13.7. The standard InChI is InChI=1S/C33H38F3NO4/c1-6-7-8-29(23-9-11-24(12-10-23)31(39)37-20-19-30(38)40-5)41-26-17-18-27(28(21-26)33(34,35)36)22-13-15-25(16-14-22)32(2,3)4/h9-18,21,29H,6-8,19-20H2,1-5H3,(H,37,39). The summed E-state index contributed by atoms with van der Waals surface area (Å²) in [6, 6.07) is 18.0. The molecule has 3 rings (SSSR count). The van der Waals surface area contributed by atoms with Crippen molar-refractivity contribution in [2.45, 2.75) is 71.1 Å². The third-order valence-electron chi connectivity index (χ3n) is 6.84. The number of hydrogen-bond donors (Lipinski definition) is 1. The van der Waals surface area contributed by atoms with E-state index in [1.54, 1.807) is 42.5 Å². The van der Waals surface area contributed by atoms with Crippen LogP contribution in [0.1, 0.15) is 86.5 Å². The van der Waals surface area contributed by atoms with Crippen LogP contribution < -0.4 is 10.1 Å². The van der Waals surface area contributed by atoms with Gasteiger partial charge >= 0.3 is 12.1 Å². The van der Waals surface area contributed by atoms with Crippen LogP contribution in [-0.2, 0) is 21.1 Å². The van der Waals surface area contributed by atoms with E-state index in [-0.39, 0.29) is 35.6 Å². The van der Waals surface area contributed by atoms with Crippen molar-refractivity contribution in [3.8, 4) is 16.9 Å². The van der Waals surface area contributed by atoms with Gasteiger partial charge in [0, 0.05) is 12.1 Å². The van der Waals surface area contributed by atoms with Gasteiger partial charge in [-0.1, -0.05) is 76.6 Å². The van der Waals surface area contributed by atoms with Gasteiger partial charge in [-0.2, -0.15) is 13.2 Å². The second-order valence-corrected chi connectivity index (χ2v) is 11.0. The number of carbonyl (C=O) groups excluding carboxylic acids is 2. The Labute approximate surface area is 240 Å². The molecule has 5 nitrogen and oxygen atoms in total. The van der Waals surface area contributed by atoms with Crippen molar-refractivity contribution in [3.63, 3.8) is 0 Å². The zero-order chi connectivity index (χ0) is 30.2. The molecule has 0 spiro atoms. The summed E-state index contributed by atoms with van der Waals surface area (Å²) in [6.07, 6.45) is -2.71. The molecule has 41 heavy (non-hydrogen) atoms. The van der Waals surface area contributed by atoms with Crippen LogP contribution in [0.15, 0.2) is 66.7 Å². The monoisotopic (exact) mass is 569 g/mol. The highest BCUT2D eigenvalue weighted by atomic mass is 19.4. The molecule has 0 heterocycles. The first-order chi connectivity index (χ1) is 19.3. The number of methoxy groups -OCH3 is 1. The summed E-state index contributed by atoms with van der Waals surface area (Å²) in [4.78, 5) is 23.7. The van der Waals surface area contributed by atoms with Gasteiger partial charge in [0.1, 0.15) is 11.9 Å². The van der Waals surface area contributed by atoms with Crippen LogP contribution in [0.4, 0.5) is 13.2 Å². The molecular formula is C33H38F3NO4. The summed E-state index contributed by atoms with van der Waals surface area (Å²) in [6.45, 7) is 8.34. The topological polar surface area (TPSA) is 64.6 Å². The van der Waals surface area contributed by atoms with Crippen molar-refractivity contribution in [2.75, 3.05) is 13.7 Å². The number of alkyl halides is 3. The number of hydrogen-bond acceptors (Lipinski definition) is 4. The highest BCUT2D eigenvalue weighted by Gasteiger charge is 2.34. The lowest BCUT2D eigenvalue weighted by molar-refractivity contribution is -0.140. The van der Waals surface area contributed by atoms with Gasteiger partial charge in [-0.15, -0.1) is 0 Å². The van der Waals surface area contributed by atoms with E-state index in [1.165, 1.54) is 13.2 Å². The van der Waals surface area contributed by atoms with Crippen molar-refractivity contribution in [1.29, 1.82) is 0 Å². The number of unbranched alkanes of at least 4 members (excludes halogenated alkanes) is 1. The van der Waals surface area contributed by atoms with E-state index in [4.69, 9.17) is 4.74 Å². The van der Waals surface area contributed by atoms with E-state index < -0.39 is 23.8 Å². The first kappa shape index (κ1) is 31.7. The second-order valence-electron chi connectivity index (χ2n) is 11.0. The fourth-order valence-corrected chi connectivity index (χ4v) is 4.41. The van der Waals surface area contributed by atoms with Gasteiger partial charge in [0.2, 0.25) is 0 Å². The molecule has 0 aliphatic heterocycles. The Bertz CT molecular complexity index is 1310. The van der Waals surface area contributed by atoms with Crippen LogP contribution in [0, 0.1) is 0 Å². The molecular weight excluding hydrogens is 531 g/mol. The third kappa shape index (κ3) is 8.84. The van der Waals surface area contributed by atoms with E-state index in [2.05, 4.69) is 30.8 Å². The smallest absolute Gasteiger partial charge is 0.417 e. The first-order valence-corrected chi connectivity index (χ1v) is 13.8. The van der Waals surface area contributed by atoms with E-state index in [0.29, 0.717) is 17.5 Å². The maximum atomic E-state index is 14.2. The molecule has 1 amide bonds. The summed E-state index contributed by atoms with van der Waals surface area (Å²) >= 11 is 0. The number of nitrogens with one attached hydrogen (secondary N) is 1. The van der Waals surface area contributed by atoms with Gasteiger partial charge in [-0.3, -0.25) is 9.59 Å². The highest BCUT2D eigenvalue weighted by molar-refractivity contribution is 5.94. The van der Waals surface area contributed by atoms with Crippen molar-refractivity contribution in [3.05, 3.63) is 89.0 Å². The van der Waals surface area contributed by atoms with Gasteiger partial charge in [0.05, 0.1) is 19.1 Å². The Kier molecular flexibility index (Phi) is 10.6. The Morgan fingerprint density at radius 3 is 2.15 bits per heavy atom. The quantitative estimate of drug-likeness (QED) is 0.236. The molecule has 0 radical (unpaired) electrons. The molecule has 0 saturated heterocycles. The number of carbonyl (C=O) groups is 2. The molecule has 3 aromatic rings. The highest BCUT2D eigenvalue weighted by Crippen LogP contribution is 2.40. The summed E-state index contributed by atoms with van der Waals surface area (Å²) in [5.74, 6) is -0.637. The number of amides is 1. The third-order valence-corrected chi connectivity index (χ3v) is 6.84. The van der Waals surface area contributed by atoms with Gasteiger partial charge in [-0.05, 0) is 64.8 Å². The van der Waals surface area contributed by atoms with E-state index >= 15 is 0 Å². The van der Waals surface area contributed by atoms with Gasteiger partial charge in [0.15, 0.2) is 0 Å². The largest absolute Gasteiger partial charge is 0.486 e. The number of benzene rings is 3. The lowest BCUT2D eigenvalue weighted by Gasteiger charge is -2.22. The van der Waals surface area contributed by atoms with Crippen molar-refractivity contribution in [2.24, 2.45) is 0 Å². The predicted molar refractivity (Wildman–Crippen MR) is 154 cm³/mol. The Morgan fingerprint density at radius 2 is 1.59 bits per heavy atom. The molecule has 1 unspecified atom stereocenters. The molecule has 0 aliphatic carbocycles. The Hall–Kier alpha value is -3.81. The van der Waals surface area contributed by atoms with Crippen LogP contribution in [0.3, 0.4) is 0 Å². The molecule has 220 valence electrons. The zero-order valence-corrected chi connectivity index (χ0v) is 24.2. The molecule has 0 aliphatic rings. The number of halogens is 3. The van der Waals surface area contributed by atoms with Crippen LogP contribution in [0.2, 0.25) is 0 Å². The average molecular weight is 570 g/mol. The lowest BCUT2D eigenvalue weighted by Crippen LogP contribution is -2.26. The summed E-state index contributed by atoms with van der Waals surface area (Å²) in [5.41, 5.74) is 1.90. The summed E-state index contributed by atoms with van der Waals surface area (Å²) in [5, 5.41) is 2.66. The Balaban J connectivity index is 1.84. The molecule has 1 N–H and O–H groups in total. The molecule has 1 atom stereocenters. The van der Waals surface area contributed by atoms with E-state index in [9.17, 15) is 22.8 Å². The van der Waals surface area contributed by atoms with Crippen molar-refractivity contribution >= 4 is 11.9 Å². The van der Waals surface area contributed by atoms with Gasteiger partial charge in [-0.25, -0.2) is 0 Å². The van der Waals surface area contributed by atoms with Crippen LogP contribution in [0.5, 0.6) is 5.75 Å². The number of ether oxygens (including phenoxy) is 2. The molecule has 8 heteroatoms. The molecule has 0 aromatic heterocycles. The van der Waals surface area contributed by atoms with Crippen LogP contribution in [0.25, 0.3) is 11.1 Å². The average Bonchev–Trinajstić information content (AvgIpc) is 2.94. The predicted octanol–water partition coefficient (Wildman–Crippen LogP) is 8.27. The van der Waals surface area contributed by atoms with Crippen LogP contribution in [-0.4, -0.2) is 25.5 Å². The summed E-state index contributed by atoms with van der Waals surface area (Å²) < 4.78 is 53.3. The van der Waals surface area contributed by atoms with E-state index in [1.807, 2.05) is 19.1 Å². The molecule has 3 aromatic carbocycles. The van der Waals surface area contributed by atoms with E-state index in [0.717, 1.165) is 30.0 Å². The van der Waals surface area contributed by atoms with Gasteiger partial charge in [0.25, 0.3) is 5.91 Å². The minimum Gasteiger partial charge on any atom is -0.486 e. The maximum absolute atomic E-state index is 14.2. The minimum atomic E-state index is -4.57. The Morgan fingerprint density at radius 1 is 0.927 bits per heavy atom. The van der Waals surface area contributed by atoms with Gasteiger partial charge < -0.3 is 14.8 Å². The van der Waals surface area contributed by atoms with Crippen molar-refractivity contribution in [1.82, 2.24) is 5.32 Å². The molecule has 0 bridgehead atoms. The molecule has 0 fully saturated rings. The number of rotatable bonds is 11. The fourth-order valence-electron chi connectivity index (χ4n) is 4.41. The lowest BCUT2D eigenvalue weighted by atomic mass is 9.86. The van der Waals surface area contributed by atoms with Crippen LogP contribution >= 0.6 is 0 Å². The minimum absolute atomic E-state index is 0.0637. The zero-order valence-electron chi connectivity index (χ0n) is 24.2.